The Bertz CT molecular complexity index is 426. The monoisotopic (exact) mass is 363 g/mol. The van der Waals surface area contributed by atoms with Crippen LogP contribution < -0.4 is 15.5 Å². The summed E-state index contributed by atoms with van der Waals surface area (Å²) in [6.45, 7) is 12.0. The lowest BCUT2D eigenvalue weighted by atomic mass is 10.1. The van der Waals surface area contributed by atoms with Crippen molar-refractivity contribution in [3.05, 3.63) is 29.8 Å². The summed E-state index contributed by atoms with van der Waals surface area (Å²) in [5.74, 6) is -0.00940. The van der Waals surface area contributed by atoms with E-state index in [1.807, 2.05) is 24.3 Å². The summed E-state index contributed by atoms with van der Waals surface area (Å²) in [4.78, 5) is 14.4. The predicted molar refractivity (Wildman–Crippen MR) is 105 cm³/mol. The molecule has 1 atom stereocenters. The number of nitrogens with zero attached hydrogens (tertiary/aromatic N) is 1. The maximum absolute atomic E-state index is 12.1. The van der Waals surface area contributed by atoms with E-state index in [9.17, 15) is 4.79 Å². The Morgan fingerprint density at radius 1 is 1.13 bits per heavy atom. The normalized spacial score (nSPS) is 11.0. The molecule has 0 aliphatic rings. The number of halogens is 2. The Kier molecular flexibility index (Phi) is 14.2. The van der Waals surface area contributed by atoms with Gasteiger partial charge in [0.05, 0.1) is 0 Å². The van der Waals surface area contributed by atoms with Crippen molar-refractivity contribution in [1.82, 2.24) is 10.6 Å². The highest BCUT2D eigenvalue weighted by Gasteiger charge is 2.08. The fourth-order valence-electron chi connectivity index (χ4n) is 2.33. The van der Waals surface area contributed by atoms with Gasteiger partial charge in [0.2, 0.25) is 0 Å². The molecule has 4 nitrogen and oxygen atoms in total. The third kappa shape index (κ3) is 8.45. The highest BCUT2D eigenvalue weighted by Crippen LogP contribution is 2.15. The summed E-state index contributed by atoms with van der Waals surface area (Å²) < 4.78 is 0. The molecule has 23 heavy (non-hydrogen) atoms. The van der Waals surface area contributed by atoms with Crippen molar-refractivity contribution in [2.75, 3.05) is 31.1 Å². The van der Waals surface area contributed by atoms with Crippen molar-refractivity contribution in [3.63, 3.8) is 0 Å². The highest BCUT2D eigenvalue weighted by atomic mass is 35.5. The van der Waals surface area contributed by atoms with Gasteiger partial charge in [-0.05, 0) is 51.1 Å². The number of benzene rings is 1. The minimum Gasteiger partial charge on any atom is -0.372 e. The molecular formula is C17H31Cl2N3O. The summed E-state index contributed by atoms with van der Waals surface area (Å²) in [6, 6.07) is 8.16. The third-order valence-corrected chi connectivity index (χ3v) is 3.49. The lowest BCUT2D eigenvalue weighted by Crippen LogP contribution is -2.38. The standard InChI is InChI=1S/C17H29N3O.2ClH/c1-5-12-20(7-3)16-10-8-15(9-11-16)17(21)19-13-14(4)18-6-2;;/h8-11,14,18H,5-7,12-13H2,1-4H3,(H,19,21);2*1H/t14-;;/m1../s1. The number of hydrogen-bond acceptors (Lipinski definition) is 3. The van der Waals surface area contributed by atoms with Crippen LogP contribution in [0.4, 0.5) is 5.69 Å². The van der Waals surface area contributed by atoms with Gasteiger partial charge in [-0.15, -0.1) is 24.8 Å². The van der Waals surface area contributed by atoms with Crippen LogP contribution in [0.15, 0.2) is 24.3 Å². The van der Waals surface area contributed by atoms with E-state index < -0.39 is 0 Å². The Hall–Kier alpha value is -0.970. The zero-order valence-corrected chi connectivity index (χ0v) is 16.2. The Balaban J connectivity index is 0. The van der Waals surface area contributed by atoms with Crippen molar-refractivity contribution in [2.45, 2.75) is 40.2 Å². The van der Waals surface area contributed by atoms with Crippen LogP contribution in [0.25, 0.3) is 0 Å². The molecular weight excluding hydrogens is 333 g/mol. The van der Waals surface area contributed by atoms with Crippen LogP contribution in [0.1, 0.15) is 44.5 Å². The van der Waals surface area contributed by atoms with Gasteiger partial charge in [-0.1, -0.05) is 13.8 Å². The third-order valence-electron chi connectivity index (χ3n) is 3.49. The lowest BCUT2D eigenvalue weighted by molar-refractivity contribution is 0.0950. The number of hydrogen-bond donors (Lipinski definition) is 2. The summed E-state index contributed by atoms with van der Waals surface area (Å²) in [7, 11) is 0. The zero-order valence-electron chi connectivity index (χ0n) is 14.6. The Labute approximate surface area is 153 Å². The maximum Gasteiger partial charge on any atom is 0.251 e. The number of nitrogens with one attached hydrogen (secondary N) is 2. The maximum atomic E-state index is 12.1. The van der Waals surface area contributed by atoms with Crippen molar-refractivity contribution in [2.24, 2.45) is 0 Å². The molecule has 0 fully saturated rings. The second kappa shape index (κ2) is 13.5. The second-order valence-electron chi connectivity index (χ2n) is 5.30. The number of carbonyl (C=O) groups is 1. The smallest absolute Gasteiger partial charge is 0.251 e. The fourth-order valence-corrected chi connectivity index (χ4v) is 2.33. The molecule has 0 saturated heterocycles. The molecule has 0 saturated carbocycles. The zero-order chi connectivity index (χ0) is 15.7. The molecule has 1 amide bonds. The van der Waals surface area contributed by atoms with E-state index in [0.717, 1.165) is 31.6 Å². The number of carbonyl (C=O) groups excluding carboxylic acids is 1. The first kappa shape index (κ1) is 24.3. The largest absolute Gasteiger partial charge is 0.372 e. The first-order valence-electron chi connectivity index (χ1n) is 7.98. The molecule has 0 unspecified atom stereocenters. The average molecular weight is 364 g/mol. The first-order valence-corrected chi connectivity index (χ1v) is 7.98. The fraction of sp³-hybridized carbons (Fsp3) is 0.588. The molecule has 1 rings (SSSR count). The van der Waals surface area contributed by atoms with Gasteiger partial charge in [0.25, 0.3) is 5.91 Å². The predicted octanol–water partition coefficient (Wildman–Crippen LogP) is 3.49. The van der Waals surface area contributed by atoms with Crippen LogP contribution in [-0.4, -0.2) is 38.1 Å². The van der Waals surface area contributed by atoms with Gasteiger partial charge < -0.3 is 15.5 Å². The van der Waals surface area contributed by atoms with Gasteiger partial charge in [0.15, 0.2) is 0 Å². The first-order chi connectivity index (χ1) is 10.1. The molecule has 0 bridgehead atoms. The van der Waals surface area contributed by atoms with Gasteiger partial charge in [0.1, 0.15) is 0 Å². The molecule has 1 aromatic rings. The number of likely N-dealkylation sites (N-methyl/N-ethyl adjacent to an activating group) is 1. The average Bonchev–Trinajstić information content (AvgIpc) is 2.51. The Morgan fingerprint density at radius 2 is 1.74 bits per heavy atom. The summed E-state index contributed by atoms with van der Waals surface area (Å²) in [6.07, 6.45) is 1.12. The topological polar surface area (TPSA) is 44.4 Å². The lowest BCUT2D eigenvalue weighted by Gasteiger charge is -2.22. The minimum atomic E-state index is -0.00940. The molecule has 0 aliphatic carbocycles. The number of anilines is 1. The molecule has 2 N–H and O–H groups in total. The SMILES string of the molecule is CCCN(CC)c1ccc(C(=O)NC[C@@H](C)NCC)cc1.Cl.Cl. The second-order valence-corrected chi connectivity index (χ2v) is 5.30. The quantitative estimate of drug-likeness (QED) is 0.705. The van der Waals surface area contributed by atoms with Crippen LogP contribution in [0, 0.1) is 0 Å². The molecule has 1 aromatic carbocycles. The molecule has 0 radical (unpaired) electrons. The van der Waals surface area contributed by atoms with E-state index in [2.05, 4.69) is 43.2 Å². The van der Waals surface area contributed by atoms with E-state index in [4.69, 9.17) is 0 Å². The Morgan fingerprint density at radius 3 is 2.22 bits per heavy atom. The molecule has 0 aromatic heterocycles. The van der Waals surface area contributed by atoms with Crippen molar-refractivity contribution in [3.8, 4) is 0 Å². The van der Waals surface area contributed by atoms with Crippen LogP contribution in [0.2, 0.25) is 0 Å². The summed E-state index contributed by atoms with van der Waals surface area (Å²) in [5.41, 5.74) is 1.90. The van der Waals surface area contributed by atoms with Crippen LogP contribution in [0.3, 0.4) is 0 Å². The van der Waals surface area contributed by atoms with Crippen LogP contribution in [0.5, 0.6) is 0 Å². The molecule has 134 valence electrons. The van der Waals surface area contributed by atoms with Crippen molar-refractivity contribution in [1.29, 1.82) is 0 Å². The van der Waals surface area contributed by atoms with E-state index in [1.54, 1.807) is 0 Å². The van der Waals surface area contributed by atoms with E-state index in [-0.39, 0.29) is 30.7 Å². The number of amides is 1. The van der Waals surface area contributed by atoms with Gasteiger partial charge in [-0.25, -0.2) is 0 Å². The summed E-state index contributed by atoms with van der Waals surface area (Å²) >= 11 is 0. The van der Waals surface area contributed by atoms with Gasteiger partial charge in [0, 0.05) is 36.9 Å². The van der Waals surface area contributed by atoms with E-state index >= 15 is 0 Å². The van der Waals surface area contributed by atoms with Crippen LogP contribution in [-0.2, 0) is 0 Å². The van der Waals surface area contributed by atoms with Gasteiger partial charge in [-0.3, -0.25) is 4.79 Å². The van der Waals surface area contributed by atoms with Gasteiger partial charge in [-0.2, -0.15) is 0 Å². The van der Waals surface area contributed by atoms with Crippen molar-refractivity contribution < 1.29 is 4.79 Å². The molecule has 6 heteroatoms. The van der Waals surface area contributed by atoms with Gasteiger partial charge >= 0.3 is 0 Å². The summed E-state index contributed by atoms with van der Waals surface area (Å²) in [5, 5.41) is 6.23. The van der Waals surface area contributed by atoms with Crippen molar-refractivity contribution >= 4 is 36.4 Å². The molecule has 0 spiro atoms. The number of rotatable bonds is 9. The van der Waals surface area contributed by atoms with Crippen LogP contribution >= 0.6 is 24.8 Å². The molecule has 0 heterocycles. The minimum absolute atomic E-state index is 0. The molecule has 0 aliphatic heterocycles. The van der Waals surface area contributed by atoms with E-state index in [1.165, 1.54) is 5.69 Å². The van der Waals surface area contributed by atoms with E-state index in [0.29, 0.717) is 12.6 Å². The highest BCUT2D eigenvalue weighted by molar-refractivity contribution is 5.94.